The molecule has 2 aliphatic heterocycles. The maximum Gasteiger partial charge on any atom is 0.248 e. The number of rotatable bonds is 7. The molecule has 1 aromatic rings. The van der Waals surface area contributed by atoms with Crippen LogP contribution in [0, 0.1) is 12.8 Å². The number of nitrogens with one attached hydrogen (secondary N) is 2. The molecule has 3 aliphatic rings. The van der Waals surface area contributed by atoms with Crippen LogP contribution >= 0.6 is 11.6 Å². The first-order valence-electron chi connectivity index (χ1n) is 13.0. The number of aromatic amines is 1. The Bertz CT molecular complexity index is 856. The third-order valence-electron chi connectivity index (χ3n) is 8.51. The Labute approximate surface area is 207 Å². The van der Waals surface area contributed by atoms with Crippen LogP contribution in [0.5, 0.6) is 0 Å². The summed E-state index contributed by atoms with van der Waals surface area (Å²) in [6.45, 7) is 8.09. The standard InChI is InChI=1S/C25H40ClN5O3/c1-4-5-13-31-23(33)20(21(32)18-9-7-6-8-10-18)27-24(34)25(31)11-14-30(15-12-25)17(3)19-16(2)28-29-22(19)26/h17-18,20-21,32H,4-15H2,1-3H3,(H,27,34)(H,28,29)/t17?,20-,21-/m1/s1. The van der Waals surface area contributed by atoms with Crippen molar-refractivity contribution in [3.8, 4) is 0 Å². The number of piperidine rings is 1. The average molecular weight is 494 g/mol. The number of unbranched alkanes of at least 4 members (excludes halogenated alkanes) is 1. The first-order valence-corrected chi connectivity index (χ1v) is 13.4. The smallest absolute Gasteiger partial charge is 0.248 e. The lowest BCUT2D eigenvalue weighted by atomic mass is 9.77. The number of carbonyl (C=O) groups excluding carboxylic acids is 2. The highest BCUT2D eigenvalue weighted by Gasteiger charge is 2.55. The number of aliphatic hydroxyl groups excluding tert-OH is 1. The predicted octanol–water partition coefficient (Wildman–Crippen LogP) is 3.34. The van der Waals surface area contributed by atoms with Crippen molar-refractivity contribution in [1.82, 2.24) is 25.3 Å². The lowest BCUT2D eigenvalue weighted by Crippen LogP contribution is -2.75. The molecule has 0 radical (unpaired) electrons. The van der Waals surface area contributed by atoms with Gasteiger partial charge in [0.1, 0.15) is 11.6 Å². The third-order valence-corrected chi connectivity index (χ3v) is 8.79. The van der Waals surface area contributed by atoms with Gasteiger partial charge in [-0.2, -0.15) is 5.10 Å². The second-order valence-corrected chi connectivity index (χ2v) is 10.8. The SMILES string of the molecule is CCCCN1C(=O)[C@@H]([C@H](O)C2CCCCC2)NC(=O)C12CCN(C(C)c1c(Cl)n[nH]c1C)CC2. The molecular formula is C25H40ClN5O3. The van der Waals surface area contributed by atoms with E-state index in [0.29, 0.717) is 37.6 Å². The van der Waals surface area contributed by atoms with Gasteiger partial charge in [-0.05, 0) is 51.9 Å². The molecule has 0 aromatic carbocycles. The molecule has 2 amide bonds. The fraction of sp³-hybridized carbons (Fsp3) is 0.800. The fourth-order valence-corrected chi connectivity index (χ4v) is 6.65. The number of hydrogen-bond donors (Lipinski definition) is 3. The van der Waals surface area contributed by atoms with Crippen molar-refractivity contribution in [3.05, 3.63) is 16.4 Å². The molecule has 190 valence electrons. The lowest BCUT2D eigenvalue weighted by molar-refractivity contribution is -0.166. The largest absolute Gasteiger partial charge is 0.390 e. The van der Waals surface area contributed by atoms with Crippen LogP contribution in [-0.2, 0) is 9.59 Å². The number of nitrogens with zero attached hydrogens (tertiary/aromatic N) is 3. The van der Waals surface area contributed by atoms with E-state index in [9.17, 15) is 14.7 Å². The molecule has 9 heteroatoms. The molecule has 1 aliphatic carbocycles. The number of H-pyrrole nitrogens is 1. The summed E-state index contributed by atoms with van der Waals surface area (Å²) >= 11 is 6.32. The molecule has 4 rings (SSSR count). The number of aromatic nitrogens is 2. The van der Waals surface area contributed by atoms with Gasteiger partial charge in [-0.1, -0.05) is 44.2 Å². The van der Waals surface area contributed by atoms with Crippen molar-refractivity contribution < 1.29 is 14.7 Å². The zero-order valence-electron chi connectivity index (χ0n) is 20.8. The molecular weight excluding hydrogens is 454 g/mol. The number of likely N-dealkylation sites (tertiary alicyclic amines) is 1. The van der Waals surface area contributed by atoms with E-state index >= 15 is 0 Å². The quantitative estimate of drug-likeness (QED) is 0.540. The Morgan fingerprint density at radius 3 is 2.47 bits per heavy atom. The van der Waals surface area contributed by atoms with Gasteiger partial charge in [0.05, 0.1) is 6.10 Å². The van der Waals surface area contributed by atoms with E-state index in [1.807, 2.05) is 11.8 Å². The Hall–Kier alpha value is -1.64. The zero-order chi connectivity index (χ0) is 24.5. The third kappa shape index (κ3) is 4.61. The number of halogens is 1. The van der Waals surface area contributed by atoms with Gasteiger partial charge in [-0.15, -0.1) is 0 Å². The van der Waals surface area contributed by atoms with E-state index in [0.717, 1.165) is 49.8 Å². The first-order chi connectivity index (χ1) is 16.3. The van der Waals surface area contributed by atoms with Gasteiger partial charge < -0.3 is 15.3 Å². The minimum absolute atomic E-state index is 0.0657. The number of aliphatic hydroxyl groups is 1. The summed E-state index contributed by atoms with van der Waals surface area (Å²) in [5.74, 6) is -0.134. The highest BCUT2D eigenvalue weighted by molar-refractivity contribution is 6.30. The van der Waals surface area contributed by atoms with Crippen molar-refractivity contribution in [2.45, 2.75) is 102 Å². The van der Waals surface area contributed by atoms with Crippen LogP contribution in [0.2, 0.25) is 5.15 Å². The van der Waals surface area contributed by atoms with Crippen LogP contribution in [0.1, 0.15) is 88.9 Å². The van der Waals surface area contributed by atoms with E-state index in [2.05, 4.69) is 34.3 Å². The summed E-state index contributed by atoms with van der Waals surface area (Å²) < 4.78 is 0. The summed E-state index contributed by atoms with van der Waals surface area (Å²) in [4.78, 5) is 31.5. The van der Waals surface area contributed by atoms with Crippen LogP contribution < -0.4 is 5.32 Å². The summed E-state index contributed by atoms with van der Waals surface area (Å²) in [5, 5.41) is 21.6. The summed E-state index contributed by atoms with van der Waals surface area (Å²) in [5.41, 5.74) is 1.09. The number of hydrogen-bond acceptors (Lipinski definition) is 5. The van der Waals surface area contributed by atoms with Crippen LogP contribution in [0.4, 0.5) is 0 Å². The van der Waals surface area contributed by atoms with Gasteiger partial charge in [0.2, 0.25) is 11.8 Å². The second kappa shape index (κ2) is 10.5. The lowest BCUT2D eigenvalue weighted by Gasteiger charge is -2.53. The highest BCUT2D eigenvalue weighted by Crippen LogP contribution is 2.39. The average Bonchev–Trinajstić information content (AvgIpc) is 3.19. The van der Waals surface area contributed by atoms with Crippen molar-refractivity contribution in [2.75, 3.05) is 19.6 Å². The van der Waals surface area contributed by atoms with Gasteiger partial charge >= 0.3 is 0 Å². The fourth-order valence-electron chi connectivity index (χ4n) is 6.31. The van der Waals surface area contributed by atoms with Crippen LogP contribution in [0.3, 0.4) is 0 Å². The van der Waals surface area contributed by atoms with E-state index in [1.165, 1.54) is 6.42 Å². The van der Waals surface area contributed by atoms with Crippen LogP contribution in [0.15, 0.2) is 0 Å². The molecule has 0 bridgehead atoms. The number of aryl methyl sites for hydroxylation is 1. The number of carbonyl (C=O) groups is 2. The molecule has 3 N–H and O–H groups in total. The van der Waals surface area contributed by atoms with Crippen LogP contribution in [-0.4, -0.2) is 74.2 Å². The summed E-state index contributed by atoms with van der Waals surface area (Å²) in [7, 11) is 0. The van der Waals surface area contributed by atoms with E-state index in [1.54, 1.807) is 0 Å². The van der Waals surface area contributed by atoms with Crippen molar-refractivity contribution in [2.24, 2.45) is 5.92 Å². The molecule has 8 nitrogen and oxygen atoms in total. The van der Waals surface area contributed by atoms with Gasteiger partial charge in [0.15, 0.2) is 5.15 Å². The molecule has 3 heterocycles. The van der Waals surface area contributed by atoms with E-state index < -0.39 is 17.7 Å². The zero-order valence-corrected chi connectivity index (χ0v) is 21.5. The Morgan fingerprint density at radius 2 is 1.88 bits per heavy atom. The molecule has 1 unspecified atom stereocenters. The van der Waals surface area contributed by atoms with Crippen molar-refractivity contribution >= 4 is 23.4 Å². The van der Waals surface area contributed by atoms with Gasteiger partial charge in [-0.25, -0.2) is 0 Å². The molecule has 1 saturated carbocycles. The molecule has 1 spiro atoms. The second-order valence-electron chi connectivity index (χ2n) is 10.5. The van der Waals surface area contributed by atoms with E-state index in [4.69, 9.17) is 11.6 Å². The number of amides is 2. The number of piperazine rings is 1. The molecule has 3 atom stereocenters. The maximum atomic E-state index is 13.7. The van der Waals surface area contributed by atoms with Gasteiger partial charge in [0, 0.05) is 36.9 Å². The van der Waals surface area contributed by atoms with Gasteiger partial charge in [0.25, 0.3) is 0 Å². The van der Waals surface area contributed by atoms with Gasteiger partial charge in [-0.3, -0.25) is 19.6 Å². The molecule has 2 saturated heterocycles. The van der Waals surface area contributed by atoms with Crippen LogP contribution in [0.25, 0.3) is 0 Å². The van der Waals surface area contributed by atoms with Crippen molar-refractivity contribution in [3.63, 3.8) is 0 Å². The topological polar surface area (TPSA) is 102 Å². The minimum atomic E-state index is -0.847. The predicted molar refractivity (Wildman–Crippen MR) is 131 cm³/mol. The molecule has 3 fully saturated rings. The maximum absolute atomic E-state index is 13.7. The monoisotopic (exact) mass is 493 g/mol. The summed E-state index contributed by atoms with van der Waals surface area (Å²) in [6, 6.07) is -0.765. The molecule has 34 heavy (non-hydrogen) atoms. The Kier molecular flexibility index (Phi) is 7.89. The Morgan fingerprint density at radius 1 is 1.21 bits per heavy atom. The highest BCUT2D eigenvalue weighted by atomic mass is 35.5. The minimum Gasteiger partial charge on any atom is -0.390 e. The first kappa shape index (κ1) is 25.5. The molecule has 1 aromatic heterocycles. The van der Waals surface area contributed by atoms with E-state index in [-0.39, 0.29) is 23.8 Å². The Balaban J connectivity index is 1.51. The van der Waals surface area contributed by atoms with Crippen molar-refractivity contribution in [1.29, 1.82) is 0 Å². The summed E-state index contributed by atoms with van der Waals surface area (Å²) in [6.07, 6.45) is 7.28. The normalized spacial score (nSPS) is 26.0.